The summed E-state index contributed by atoms with van der Waals surface area (Å²) >= 11 is 1.40. The molecule has 0 aliphatic heterocycles. The fourth-order valence-corrected chi connectivity index (χ4v) is 3.32. The van der Waals surface area contributed by atoms with E-state index in [2.05, 4.69) is 17.2 Å². The van der Waals surface area contributed by atoms with Gasteiger partial charge >= 0.3 is 0 Å². The second-order valence-corrected chi connectivity index (χ2v) is 7.01. The number of carbonyl (C=O) groups is 1. The van der Waals surface area contributed by atoms with Crippen LogP contribution in [0.4, 0.5) is 5.13 Å². The number of nitrogens with zero attached hydrogens (tertiary/aromatic N) is 1. The minimum absolute atomic E-state index is 0.227. The highest BCUT2D eigenvalue weighted by molar-refractivity contribution is 7.14. The van der Waals surface area contributed by atoms with Gasteiger partial charge in [0.2, 0.25) is 0 Å². The summed E-state index contributed by atoms with van der Waals surface area (Å²) in [6.45, 7) is 5.15. The Morgan fingerprint density at radius 1 is 1.07 bits per heavy atom. The summed E-state index contributed by atoms with van der Waals surface area (Å²) in [6.07, 6.45) is 2.03. The van der Waals surface area contributed by atoms with Crippen molar-refractivity contribution in [1.29, 1.82) is 0 Å². The van der Waals surface area contributed by atoms with E-state index in [9.17, 15) is 4.79 Å². The topological polar surface area (TPSA) is 60.5 Å². The van der Waals surface area contributed by atoms with Gasteiger partial charge in [-0.2, -0.15) is 0 Å². The lowest BCUT2D eigenvalue weighted by Crippen LogP contribution is -2.12. The fourth-order valence-electron chi connectivity index (χ4n) is 2.61. The van der Waals surface area contributed by atoms with Crippen LogP contribution in [0.25, 0.3) is 11.3 Å². The molecule has 0 unspecified atom stereocenters. The van der Waals surface area contributed by atoms with Gasteiger partial charge in [0.15, 0.2) is 16.6 Å². The quantitative estimate of drug-likeness (QED) is 0.476. The highest BCUT2D eigenvalue weighted by atomic mass is 32.1. The summed E-state index contributed by atoms with van der Waals surface area (Å²) in [4.78, 5) is 17.2. The van der Waals surface area contributed by atoms with E-state index in [0.29, 0.717) is 35.4 Å². The molecule has 1 amide bonds. The van der Waals surface area contributed by atoms with Crippen LogP contribution in [0.1, 0.15) is 37.0 Å². The van der Waals surface area contributed by atoms with Crippen LogP contribution in [0.2, 0.25) is 0 Å². The second kappa shape index (κ2) is 9.90. The van der Waals surface area contributed by atoms with E-state index in [-0.39, 0.29) is 5.91 Å². The van der Waals surface area contributed by atoms with Gasteiger partial charge in [-0.3, -0.25) is 10.1 Å². The molecule has 1 heterocycles. The fraction of sp³-hybridized carbons (Fsp3) is 0.273. The number of aromatic nitrogens is 1. The number of benzene rings is 2. The standard InChI is InChI=1S/C22H24N2O3S/c1-3-5-13-27-19-12-11-17(14-20(19)26-4-2)21(25)24-22-23-18(15-28-22)16-9-7-6-8-10-16/h6-12,14-15H,3-5,13H2,1-2H3,(H,23,24,25). The zero-order chi connectivity index (χ0) is 19.8. The normalized spacial score (nSPS) is 10.5. The molecule has 5 nitrogen and oxygen atoms in total. The van der Waals surface area contributed by atoms with Crippen molar-refractivity contribution in [2.75, 3.05) is 18.5 Å². The number of ether oxygens (including phenoxy) is 2. The van der Waals surface area contributed by atoms with Crippen molar-refractivity contribution in [2.45, 2.75) is 26.7 Å². The molecule has 1 aromatic heterocycles. The minimum atomic E-state index is -0.227. The van der Waals surface area contributed by atoms with Crippen LogP contribution in [0.15, 0.2) is 53.9 Å². The lowest BCUT2D eigenvalue weighted by atomic mass is 10.2. The monoisotopic (exact) mass is 396 g/mol. The average molecular weight is 397 g/mol. The first-order valence-electron chi connectivity index (χ1n) is 9.43. The second-order valence-electron chi connectivity index (χ2n) is 6.15. The zero-order valence-corrected chi connectivity index (χ0v) is 16.9. The third-order valence-corrected chi connectivity index (χ3v) is 4.81. The lowest BCUT2D eigenvalue weighted by Gasteiger charge is -2.13. The molecule has 0 spiro atoms. The number of hydrogen-bond acceptors (Lipinski definition) is 5. The predicted molar refractivity (Wildman–Crippen MR) is 114 cm³/mol. The molecular formula is C22H24N2O3S. The average Bonchev–Trinajstić information content (AvgIpc) is 3.18. The largest absolute Gasteiger partial charge is 0.490 e. The Morgan fingerprint density at radius 3 is 2.64 bits per heavy atom. The van der Waals surface area contributed by atoms with Crippen LogP contribution < -0.4 is 14.8 Å². The van der Waals surface area contributed by atoms with Crippen LogP contribution in [0.5, 0.6) is 11.5 Å². The Hall–Kier alpha value is -2.86. The Kier molecular flexibility index (Phi) is 7.03. The number of hydrogen-bond donors (Lipinski definition) is 1. The number of nitrogens with one attached hydrogen (secondary N) is 1. The molecule has 0 saturated carbocycles. The molecule has 2 aromatic carbocycles. The maximum absolute atomic E-state index is 12.6. The summed E-state index contributed by atoms with van der Waals surface area (Å²) < 4.78 is 11.4. The van der Waals surface area contributed by atoms with E-state index < -0.39 is 0 Å². The molecule has 3 rings (SSSR count). The number of amides is 1. The zero-order valence-electron chi connectivity index (χ0n) is 16.1. The third-order valence-electron chi connectivity index (χ3n) is 4.06. The summed E-state index contributed by atoms with van der Waals surface area (Å²) in [5.74, 6) is 1.01. The van der Waals surface area contributed by atoms with E-state index >= 15 is 0 Å². The Bertz CT molecular complexity index is 909. The highest BCUT2D eigenvalue weighted by Gasteiger charge is 2.14. The van der Waals surface area contributed by atoms with Gasteiger partial charge in [0.1, 0.15) is 0 Å². The van der Waals surface area contributed by atoms with Crippen molar-refractivity contribution >= 4 is 22.4 Å². The molecule has 0 radical (unpaired) electrons. The molecule has 1 N–H and O–H groups in total. The molecule has 0 atom stereocenters. The van der Waals surface area contributed by atoms with Crippen molar-refractivity contribution in [2.24, 2.45) is 0 Å². The van der Waals surface area contributed by atoms with E-state index in [1.54, 1.807) is 18.2 Å². The summed E-state index contributed by atoms with van der Waals surface area (Å²) in [5, 5.41) is 5.35. The first-order valence-corrected chi connectivity index (χ1v) is 10.3. The molecule has 3 aromatic rings. The van der Waals surface area contributed by atoms with Crippen molar-refractivity contribution < 1.29 is 14.3 Å². The molecule has 0 aliphatic carbocycles. The number of anilines is 1. The van der Waals surface area contributed by atoms with Gasteiger partial charge in [-0.05, 0) is 31.5 Å². The van der Waals surface area contributed by atoms with Crippen LogP contribution >= 0.6 is 11.3 Å². The van der Waals surface area contributed by atoms with Gasteiger partial charge in [-0.15, -0.1) is 11.3 Å². The van der Waals surface area contributed by atoms with Crippen molar-refractivity contribution in [1.82, 2.24) is 4.98 Å². The van der Waals surface area contributed by atoms with Crippen LogP contribution in [-0.4, -0.2) is 24.1 Å². The van der Waals surface area contributed by atoms with Crippen molar-refractivity contribution in [3.05, 3.63) is 59.5 Å². The molecule has 28 heavy (non-hydrogen) atoms. The van der Waals surface area contributed by atoms with Gasteiger partial charge < -0.3 is 9.47 Å². The summed E-state index contributed by atoms with van der Waals surface area (Å²) in [7, 11) is 0. The number of rotatable bonds is 9. The van der Waals surface area contributed by atoms with E-state index in [1.165, 1.54) is 11.3 Å². The third kappa shape index (κ3) is 5.10. The lowest BCUT2D eigenvalue weighted by molar-refractivity contribution is 0.102. The molecule has 0 saturated heterocycles. The maximum atomic E-state index is 12.6. The summed E-state index contributed by atoms with van der Waals surface area (Å²) in [6, 6.07) is 15.1. The highest BCUT2D eigenvalue weighted by Crippen LogP contribution is 2.30. The van der Waals surface area contributed by atoms with E-state index in [1.807, 2.05) is 42.6 Å². The van der Waals surface area contributed by atoms with Crippen LogP contribution in [-0.2, 0) is 0 Å². The molecule has 0 bridgehead atoms. The van der Waals surface area contributed by atoms with Crippen LogP contribution in [0.3, 0.4) is 0 Å². The molecular weight excluding hydrogens is 372 g/mol. The van der Waals surface area contributed by atoms with E-state index in [4.69, 9.17) is 9.47 Å². The van der Waals surface area contributed by atoms with Gasteiger partial charge in [0.05, 0.1) is 18.9 Å². The first-order chi connectivity index (χ1) is 13.7. The predicted octanol–water partition coefficient (Wildman–Crippen LogP) is 5.64. The van der Waals surface area contributed by atoms with Gasteiger partial charge in [0, 0.05) is 16.5 Å². The summed E-state index contributed by atoms with van der Waals surface area (Å²) in [5.41, 5.74) is 2.37. The van der Waals surface area contributed by atoms with Gasteiger partial charge in [-0.1, -0.05) is 43.7 Å². The molecule has 0 aliphatic rings. The number of carbonyl (C=O) groups excluding carboxylic acids is 1. The van der Waals surface area contributed by atoms with Crippen molar-refractivity contribution in [3.63, 3.8) is 0 Å². The Labute approximate surface area is 169 Å². The number of unbranched alkanes of at least 4 members (excludes halogenated alkanes) is 1. The molecule has 146 valence electrons. The minimum Gasteiger partial charge on any atom is -0.490 e. The Balaban J connectivity index is 1.71. The Morgan fingerprint density at radius 2 is 1.89 bits per heavy atom. The van der Waals surface area contributed by atoms with E-state index in [0.717, 1.165) is 24.1 Å². The molecule has 6 heteroatoms. The molecule has 0 fully saturated rings. The number of thiazole rings is 1. The maximum Gasteiger partial charge on any atom is 0.257 e. The SMILES string of the molecule is CCCCOc1ccc(C(=O)Nc2nc(-c3ccccc3)cs2)cc1OCC. The van der Waals surface area contributed by atoms with Crippen LogP contribution in [0, 0.1) is 0 Å². The smallest absolute Gasteiger partial charge is 0.257 e. The van der Waals surface area contributed by atoms with Gasteiger partial charge in [-0.25, -0.2) is 4.98 Å². The first kappa shape index (κ1) is 19.9. The van der Waals surface area contributed by atoms with Crippen molar-refractivity contribution in [3.8, 4) is 22.8 Å². The van der Waals surface area contributed by atoms with Gasteiger partial charge in [0.25, 0.3) is 5.91 Å².